The minimum atomic E-state index is 0.192. The van der Waals surface area contributed by atoms with Crippen molar-refractivity contribution in [1.29, 1.82) is 0 Å². The number of tetrazole rings is 1. The molecule has 20 heavy (non-hydrogen) atoms. The number of benzene rings is 1. The largest absolute Gasteiger partial charge is 0.397 e. The number of hydrogen-bond donors (Lipinski definition) is 1. The molecule has 0 aliphatic heterocycles. The van der Waals surface area contributed by atoms with Gasteiger partial charge in [-0.05, 0) is 40.8 Å². The molecule has 5 nitrogen and oxygen atoms in total. The van der Waals surface area contributed by atoms with Crippen molar-refractivity contribution < 1.29 is 0 Å². The van der Waals surface area contributed by atoms with Crippen molar-refractivity contribution in [2.75, 3.05) is 5.73 Å². The smallest absolute Gasteiger partial charge is 0.184 e. The lowest BCUT2D eigenvalue weighted by Crippen LogP contribution is -2.23. The maximum atomic E-state index is 6.10. The molecule has 1 heterocycles. The van der Waals surface area contributed by atoms with Gasteiger partial charge < -0.3 is 5.73 Å². The van der Waals surface area contributed by atoms with Crippen molar-refractivity contribution in [3.63, 3.8) is 0 Å². The molecule has 0 saturated heterocycles. The maximum absolute atomic E-state index is 6.10. The molecule has 0 spiro atoms. The van der Waals surface area contributed by atoms with Gasteiger partial charge in [0, 0.05) is 5.56 Å². The number of nitrogen functional groups attached to an aromatic ring is 1. The van der Waals surface area contributed by atoms with E-state index in [0.29, 0.717) is 22.6 Å². The minimum absolute atomic E-state index is 0.192. The summed E-state index contributed by atoms with van der Waals surface area (Å²) in [6.45, 7) is 4.52. The van der Waals surface area contributed by atoms with Gasteiger partial charge in [0.25, 0.3) is 0 Å². The van der Waals surface area contributed by atoms with E-state index in [2.05, 4.69) is 29.4 Å². The molecular weight excluding hydrogens is 274 g/mol. The monoisotopic (exact) mass is 291 g/mol. The predicted octanol–water partition coefficient (Wildman–Crippen LogP) is 3.33. The van der Waals surface area contributed by atoms with Crippen LogP contribution in [0.4, 0.5) is 5.69 Å². The third-order valence-corrected chi connectivity index (χ3v) is 4.61. The fraction of sp³-hybridized carbons (Fsp3) is 0.500. The summed E-state index contributed by atoms with van der Waals surface area (Å²) in [6, 6.07) is 5.84. The van der Waals surface area contributed by atoms with Gasteiger partial charge in [-0.3, -0.25) is 0 Å². The van der Waals surface area contributed by atoms with E-state index in [-0.39, 0.29) is 5.41 Å². The molecule has 6 heteroatoms. The van der Waals surface area contributed by atoms with Crippen molar-refractivity contribution in [3.8, 4) is 11.4 Å². The number of rotatable bonds is 2. The second kappa shape index (κ2) is 4.74. The number of anilines is 1. The first-order valence-corrected chi connectivity index (χ1v) is 7.21. The quantitative estimate of drug-likeness (QED) is 0.862. The molecule has 1 fully saturated rings. The third-order valence-electron chi connectivity index (χ3n) is 4.28. The number of nitrogens with zero attached hydrogens (tertiary/aromatic N) is 4. The summed E-state index contributed by atoms with van der Waals surface area (Å²) in [5.41, 5.74) is 7.59. The molecule has 0 amide bonds. The topological polar surface area (TPSA) is 69.6 Å². The van der Waals surface area contributed by atoms with Crippen LogP contribution in [0.1, 0.15) is 39.2 Å². The first-order valence-electron chi connectivity index (χ1n) is 6.83. The zero-order valence-electron chi connectivity index (χ0n) is 11.7. The average Bonchev–Trinajstić information content (AvgIpc) is 2.98. The van der Waals surface area contributed by atoms with Crippen LogP contribution >= 0.6 is 11.6 Å². The summed E-state index contributed by atoms with van der Waals surface area (Å²) in [5.74, 6) is 0.699. The van der Waals surface area contributed by atoms with Crippen LogP contribution in [0.25, 0.3) is 11.4 Å². The standard InChI is InChI=1S/C14H18ClN5/c1-14(2)8-4-7-11(14)20-13(17-18-19-20)9-5-3-6-10(15)12(9)16/h3,5-6,11H,4,7-8,16H2,1-2H3. The Morgan fingerprint density at radius 2 is 2.20 bits per heavy atom. The van der Waals surface area contributed by atoms with Gasteiger partial charge in [0.2, 0.25) is 0 Å². The number of nitrogens with two attached hydrogens (primary N) is 1. The molecule has 1 saturated carbocycles. The number of halogens is 1. The molecule has 2 N–H and O–H groups in total. The van der Waals surface area contributed by atoms with Crippen molar-refractivity contribution in [2.45, 2.75) is 39.2 Å². The van der Waals surface area contributed by atoms with E-state index < -0.39 is 0 Å². The molecule has 0 bridgehead atoms. The van der Waals surface area contributed by atoms with Crippen LogP contribution in [0.15, 0.2) is 18.2 Å². The van der Waals surface area contributed by atoms with Crippen molar-refractivity contribution >= 4 is 17.3 Å². The zero-order valence-corrected chi connectivity index (χ0v) is 12.4. The Kier molecular flexibility index (Phi) is 3.17. The van der Waals surface area contributed by atoms with E-state index >= 15 is 0 Å². The Balaban J connectivity index is 2.09. The Labute approximate surface area is 123 Å². The van der Waals surface area contributed by atoms with Crippen LogP contribution in [0.3, 0.4) is 0 Å². The van der Waals surface area contributed by atoms with E-state index in [9.17, 15) is 0 Å². The molecule has 106 valence electrons. The molecule has 1 unspecified atom stereocenters. The SMILES string of the molecule is CC1(C)CCCC1n1nnnc1-c1cccc(Cl)c1N. The molecule has 2 aromatic rings. The molecule has 1 aliphatic carbocycles. The van der Waals surface area contributed by atoms with E-state index in [1.807, 2.05) is 16.8 Å². The van der Waals surface area contributed by atoms with Crippen molar-refractivity contribution in [3.05, 3.63) is 23.2 Å². The Morgan fingerprint density at radius 1 is 1.40 bits per heavy atom. The van der Waals surface area contributed by atoms with Gasteiger partial charge in [0.15, 0.2) is 5.82 Å². The fourth-order valence-corrected chi connectivity index (χ4v) is 3.25. The van der Waals surface area contributed by atoms with Crippen LogP contribution < -0.4 is 5.73 Å². The molecule has 1 atom stereocenters. The summed E-state index contributed by atoms with van der Waals surface area (Å²) in [7, 11) is 0. The summed E-state index contributed by atoms with van der Waals surface area (Å²) in [5, 5.41) is 12.7. The number of hydrogen-bond acceptors (Lipinski definition) is 4. The van der Waals surface area contributed by atoms with Crippen LogP contribution in [0.5, 0.6) is 0 Å². The summed E-state index contributed by atoms with van der Waals surface area (Å²) < 4.78 is 1.91. The van der Waals surface area contributed by atoms with Gasteiger partial charge in [0.1, 0.15) is 0 Å². The van der Waals surface area contributed by atoms with Crippen LogP contribution in [-0.4, -0.2) is 20.2 Å². The van der Waals surface area contributed by atoms with Gasteiger partial charge in [-0.1, -0.05) is 37.9 Å². The molecule has 0 radical (unpaired) electrons. The Bertz CT molecular complexity index is 634. The minimum Gasteiger partial charge on any atom is -0.397 e. The second-order valence-electron chi connectivity index (χ2n) is 6.04. The van der Waals surface area contributed by atoms with Gasteiger partial charge in [-0.25, -0.2) is 4.68 Å². The van der Waals surface area contributed by atoms with Crippen LogP contribution in [0.2, 0.25) is 5.02 Å². The molecule has 3 rings (SSSR count). The first kappa shape index (κ1) is 13.4. The Hall–Kier alpha value is -1.62. The summed E-state index contributed by atoms with van der Waals surface area (Å²) >= 11 is 6.10. The Morgan fingerprint density at radius 3 is 2.90 bits per heavy atom. The molecule has 1 aliphatic rings. The molecular formula is C14H18ClN5. The lowest BCUT2D eigenvalue weighted by molar-refractivity contribution is 0.242. The lowest BCUT2D eigenvalue weighted by Gasteiger charge is -2.27. The number of aromatic nitrogens is 4. The average molecular weight is 292 g/mol. The van der Waals surface area contributed by atoms with Gasteiger partial charge >= 0.3 is 0 Å². The van der Waals surface area contributed by atoms with E-state index in [4.69, 9.17) is 17.3 Å². The van der Waals surface area contributed by atoms with Crippen LogP contribution in [0, 0.1) is 5.41 Å². The number of para-hydroxylation sites is 1. The summed E-state index contributed by atoms with van der Waals surface area (Å²) in [4.78, 5) is 0. The highest BCUT2D eigenvalue weighted by Gasteiger charge is 2.38. The van der Waals surface area contributed by atoms with E-state index in [0.717, 1.165) is 12.0 Å². The highest BCUT2D eigenvalue weighted by atomic mass is 35.5. The highest BCUT2D eigenvalue weighted by Crippen LogP contribution is 2.46. The van der Waals surface area contributed by atoms with Gasteiger partial charge in [-0.15, -0.1) is 5.10 Å². The van der Waals surface area contributed by atoms with Gasteiger partial charge in [0.05, 0.1) is 16.8 Å². The first-order chi connectivity index (χ1) is 9.50. The predicted molar refractivity (Wildman–Crippen MR) is 79.3 cm³/mol. The van der Waals surface area contributed by atoms with Crippen LogP contribution in [-0.2, 0) is 0 Å². The fourth-order valence-electron chi connectivity index (χ4n) is 3.07. The summed E-state index contributed by atoms with van der Waals surface area (Å²) in [6.07, 6.45) is 3.47. The second-order valence-corrected chi connectivity index (χ2v) is 6.45. The highest BCUT2D eigenvalue weighted by molar-refractivity contribution is 6.33. The molecule has 1 aromatic carbocycles. The normalized spacial score (nSPS) is 21.2. The lowest BCUT2D eigenvalue weighted by atomic mass is 9.87. The third kappa shape index (κ3) is 2.06. The van der Waals surface area contributed by atoms with E-state index in [1.54, 1.807) is 6.07 Å². The van der Waals surface area contributed by atoms with Crippen molar-refractivity contribution in [1.82, 2.24) is 20.2 Å². The van der Waals surface area contributed by atoms with E-state index in [1.165, 1.54) is 12.8 Å². The molecule has 1 aromatic heterocycles. The maximum Gasteiger partial charge on any atom is 0.184 e. The van der Waals surface area contributed by atoms with Gasteiger partial charge in [-0.2, -0.15) is 0 Å². The zero-order chi connectivity index (χ0) is 14.3. The van der Waals surface area contributed by atoms with Crippen molar-refractivity contribution in [2.24, 2.45) is 5.41 Å².